The van der Waals surface area contributed by atoms with E-state index in [1.165, 1.54) is 0 Å². The number of carbonyl (C=O) groups excluding carboxylic acids is 1. The molecule has 0 amide bonds. The van der Waals surface area contributed by atoms with Gasteiger partial charge in [-0.3, -0.25) is 0 Å². The van der Waals surface area contributed by atoms with Gasteiger partial charge in [0.1, 0.15) is 0 Å². The van der Waals surface area contributed by atoms with E-state index in [0.29, 0.717) is 0 Å². The van der Waals surface area contributed by atoms with Gasteiger partial charge in [0.25, 0.3) is 0 Å². The zero-order valence-electron chi connectivity index (χ0n) is 4.30. The predicted molar refractivity (Wildman–Crippen MR) is 6.77 cm³/mol. The van der Waals surface area contributed by atoms with Crippen molar-refractivity contribution in [3.63, 3.8) is 0 Å². The molecule has 0 aliphatic rings. The van der Waals surface area contributed by atoms with Gasteiger partial charge in [-0.15, -0.1) is 0 Å². The second kappa shape index (κ2) is 32.7. The number of hydrogen-bond donors (Lipinski definition) is 0. The van der Waals surface area contributed by atoms with E-state index in [2.05, 4.69) is 0 Å². The van der Waals surface area contributed by atoms with E-state index in [0.717, 1.165) is 0 Å². The molecule has 0 aliphatic carbocycles. The smallest absolute Gasteiger partial charge is 2.00 e. The van der Waals surface area contributed by atoms with Crippen molar-refractivity contribution >= 4 is 6.16 Å². The molecule has 1 radical (unpaired) electrons. The molecule has 0 aromatic rings. The fourth-order valence-electron chi connectivity index (χ4n) is 0. The Bertz CT molecular complexity index is 39.9. The number of carboxylic acid groups (broad SMARTS) is 2. The molecular weight excluding hydrogens is 239 g/mol. The maximum absolute atomic E-state index is 8.33. The molecule has 49 valence electrons. The molecule has 0 bridgehead atoms. The summed E-state index contributed by atoms with van der Waals surface area (Å²) in [7, 11) is 0. The summed E-state index contributed by atoms with van der Waals surface area (Å²) >= 11 is 0. The standard InChI is InChI=1S/CH2O3.Cr.Fe.K.2O/c2-1(3)4;;;;;/h(H2,2,3,4);;;;;/q;+3;+2;+1;2*-2/p-2. The Hall–Kier alpha value is 1.88. The predicted octanol–water partition coefficient (Wildman–Crippen LogP) is -5.69. The van der Waals surface area contributed by atoms with Gasteiger partial charge >= 0.3 is 85.8 Å². The average Bonchev–Trinajstić information content (AvgIpc) is 0.811. The molecule has 0 saturated carbocycles. The van der Waals surface area contributed by atoms with Gasteiger partial charge in [0.2, 0.25) is 0 Å². The van der Waals surface area contributed by atoms with Crippen LogP contribution in [0, 0.1) is 0 Å². The van der Waals surface area contributed by atoms with E-state index in [1.807, 2.05) is 0 Å². The van der Waals surface area contributed by atoms with Gasteiger partial charge in [0.05, 0.1) is 0 Å². The quantitative estimate of drug-likeness (QED) is 0.391. The molecule has 0 saturated heterocycles. The zero-order chi connectivity index (χ0) is 3.58. The Labute approximate surface area is 116 Å². The molecule has 0 aliphatic heterocycles. The Morgan fingerprint density at radius 1 is 1.11 bits per heavy atom. The van der Waals surface area contributed by atoms with Crippen LogP contribution in [0.4, 0.5) is 4.79 Å². The molecule has 0 aromatic heterocycles. The van der Waals surface area contributed by atoms with Gasteiger partial charge < -0.3 is 26.0 Å². The second-order valence-corrected chi connectivity index (χ2v) is 0.250. The van der Waals surface area contributed by atoms with E-state index in [1.54, 1.807) is 0 Å². The average molecular weight is 239 g/mol. The molecule has 0 heterocycles. The molecule has 0 atom stereocenters. The van der Waals surface area contributed by atoms with Crippen molar-refractivity contribution in [1.82, 2.24) is 0 Å². The summed E-state index contributed by atoms with van der Waals surface area (Å²) in [5.41, 5.74) is 0. The van der Waals surface area contributed by atoms with Crippen molar-refractivity contribution in [3.05, 3.63) is 0 Å². The monoisotopic (exact) mass is 239 g/mol. The van der Waals surface area contributed by atoms with Crippen LogP contribution in [-0.4, -0.2) is 6.16 Å². The van der Waals surface area contributed by atoms with Crippen molar-refractivity contribution in [3.8, 4) is 0 Å². The van der Waals surface area contributed by atoms with Crippen LogP contribution in [0.25, 0.3) is 0 Å². The number of carbonyl (C=O) groups is 1. The first-order chi connectivity index (χ1) is 1.73. The summed E-state index contributed by atoms with van der Waals surface area (Å²) in [4.78, 5) is 8.33. The van der Waals surface area contributed by atoms with Crippen LogP contribution in [0.5, 0.6) is 0 Å². The van der Waals surface area contributed by atoms with Crippen molar-refractivity contribution in [2.45, 2.75) is 0 Å². The molecule has 0 fully saturated rings. The largest absolute Gasteiger partial charge is 3.00 e. The first kappa shape index (κ1) is 44.6. The van der Waals surface area contributed by atoms with Gasteiger partial charge in [0.15, 0.2) is 0 Å². The third-order valence-corrected chi connectivity index (χ3v) is 0. The normalized spacial score (nSPS) is 2.67. The maximum atomic E-state index is 8.33. The molecule has 0 aromatic carbocycles. The van der Waals surface area contributed by atoms with Crippen LogP contribution in [0.2, 0.25) is 0 Å². The molecule has 8 heteroatoms. The van der Waals surface area contributed by atoms with Crippen LogP contribution in [0.3, 0.4) is 0 Å². The number of hydrogen-bond acceptors (Lipinski definition) is 3. The van der Waals surface area contributed by atoms with Gasteiger partial charge in [-0.1, -0.05) is 0 Å². The van der Waals surface area contributed by atoms with E-state index in [4.69, 9.17) is 15.0 Å². The van der Waals surface area contributed by atoms with Gasteiger partial charge in [-0.25, -0.2) is 0 Å². The second-order valence-electron chi connectivity index (χ2n) is 0.250. The van der Waals surface area contributed by atoms with Crippen molar-refractivity contribution in [2.75, 3.05) is 0 Å². The van der Waals surface area contributed by atoms with E-state index < -0.39 is 6.16 Å². The molecule has 9 heavy (non-hydrogen) atoms. The third kappa shape index (κ3) is 174. The summed E-state index contributed by atoms with van der Waals surface area (Å²) < 4.78 is 0. The molecular formula is CCrFeKO5. The maximum Gasteiger partial charge on any atom is 3.00 e. The summed E-state index contributed by atoms with van der Waals surface area (Å²) in [5, 5.41) is 16.7. The van der Waals surface area contributed by atoms with Crippen molar-refractivity contribution in [1.29, 1.82) is 0 Å². The fraction of sp³-hybridized carbons (Fsp3) is 0. The summed E-state index contributed by atoms with van der Waals surface area (Å²) in [6.07, 6.45) is -2.33. The van der Waals surface area contributed by atoms with Crippen LogP contribution in [-0.2, 0) is 45.4 Å². The first-order valence-electron chi connectivity index (χ1n) is 0.612. The molecule has 5 nitrogen and oxygen atoms in total. The van der Waals surface area contributed by atoms with Crippen LogP contribution in [0.1, 0.15) is 0 Å². The van der Waals surface area contributed by atoms with E-state index in [9.17, 15) is 0 Å². The van der Waals surface area contributed by atoms with Crippen molar-refractivity contribution < 1.29 is 112 Å². The third-order valence-electron chi connectivity index (χ3n) is 0. The number of rotatable bonds is 0. The van der Waals surface area contributed by atoms with E-state index >= 15 is 0 Å². The molecule has 0 rings (SSSR count). The van der Waals surface area contributed by atoms with Gasteiger partial charge in [0, 0.05) is 0 Å². The Morgan fingerprint density at radius 3 is 1.11 bits per heavy atom. The van der Waals surface area contributed by atoms with Crippen LogP contribution < -0.4 is 61.6 Å². The molecule has 0 N–H and O–H groups in total. The summed E-state index contributed by atoms with van der Waals surface area (Å²) in [6, 6.07) is 0. The Kier molecular flexibility index (Phi) is 162. The molecule has 0 unspecified atom stereocenters. The van der Waals surface area contributed by atoms with Crippen LogP contribution >= 0.6 is 0 Å². The minimum absolute atomic E-state index is 0. The Balaban J connectivity index is -0.00000000450. The SMILES string of the molecule is O=C([O-])[O-].[Cr+3].[Fe+2].[K+].[O-2].[O-2]. The fourth-order valence-corrected chi connectivity index (χ4v) is 0. The topological polar surface area (TPSA) is 120 Å². The van der Waals surface area contributed by atoms with Crippen LogP contribution in [0.15, 0.2) is 0 Å². The zero-order valence-corrected chi connectivity index (χ0v) is 9.81. The van der Waals surface area contributed by atoms with Crippen molar-refractivity contribution in [2.24, 2.45) is 0 Å². The molecule has 0 spiro atoms. The first-order valence-corrected chi connectivity index (χ1v) is 0.612. The van der Waals surface area contributed by atoms with Gasteiger partial charge in [-0.05, 0) is 6.16 Å². The summed E-state index contributed by atoms with van der Waals surface area (Å²) in [5.74, 6) is 0. The summed E-state index contributed by atoms with van der Waals surface area (Å²) in [6.45, 7) is 0. The Morgan fingerprint density at radius 2 is 1.11 bits per heavy atom. The van der Waals surface area contributed by atoms with E-state index in [-0.39, 0.29) is 96.8 Å². The minimum Gasteiger partial charge on any atom is -2.00 e. The minimum atomic E-state index is -2.33. The van der Waals surface area contributed by atoms with Gasteiger partial charge in [-0.2, -0.15) is 0 Å².